The number of benzene rings is 3. The zero-order valence-corrected chi connectivity index (χ0v) is 22.5. The van der Waals surface area contributed by atoms with Crippen molar-refractivity contribution in [2.45, 2.75) is 6.61 Å². The quantitative estimate of drug-likeness (QED) is 0.300. The van der Waals surface area contributed by atoms with E-state index in [0.717, 1.165) is 43.3 Å². The van der Waals surface area contributed by atoms with Gasteiger partial charge in [-0.2, -0.15) is 0 Å². The number of rotatable bonds is 4. The van der Waals surface area contributed by atoms with Crippen molar-refractivity contribution in [3.63, 3.8) is 0 Å². The number of nitrogens with zero attached hydrogens (tertiary/aromatic N) is 5. The highest BCUT2D eigenvalue weighted by atomic mass is 79.9. The van der Waals surface area contributed by atoms with Gasteiger partial charge in [-0.15, -0.1) is 0 Å². The Hall–Kier alpha value is -4.11. The first-order chi connectivity index (χ1) is 18.5. The predicted octanol–water partition coefficient (Wildman–Crippen LogP) is 5.10. The molecular formula is C29H26BrN5O3. The lowest BCUT2D eigenvalue weighted by Crippen LogP contribution is -2.48. The SMILES string of the molecule is Cn1c(=O)n(-c2ccc(N3CCN(C(=O)OCc4ccccc4)CC3)cc2)c2c3cc(Br)ccc3ncc21. The summed E-state index contributed by atoms with van der Waals surface area (Å²) < 4.78 is 9.80. The molecule has 0 N–H and O–H groups in total. The fourth-order valence-electron chi connectivity index (χ4n) is 4.98. The van der Waals surface area contributed by atoms with Crippen LogP contribution in [0.1, 0.15) is 5.56 Å². The molecule has 9 heteroatoms. The largest absolute Gasteiger partial charge is 0.445 e. The first-order valence-electron chi connectivity index (χ1n) is 12.5. The van der Waals surface area contributed by atoms with Crippen molar-refractivity contribution >= 4 is 49.6 Å². The van der Waals surface area contributed by atoms with Crippen molar-refractivity contribution in [1.29, 1.82) is 0 Å². The summed E-state index contributed by atoms with van der Waals surface area (Å²) in [4.78, 5) is 34.3. The molecule has 0 bridgehead atoms. The van der Waals surface area contributed by atoms with Gasteiger partial charge in [0.2, 0.25) is 0 Å². The number of hydrogen-bond donors (Lipinski definition) is 0. The van der Waals surface area contributed by atoms with Crippen molar-refractivity contribution < 1.29 is 9.53 Å². The van der Waals surface area contributed by atoms with E-state index in [1.807, 2.05) is 72.8 Å². The Morgan fingerprint density at radius 2 is 1.66 bits per heavy atom. The van der Waals surface area contributed by atoms with Crippen LogP contribution in [0.15, 0.2) is 88.3 Å². The predicted molar refractivity (Wildman–Crippen MR) is 152 cm³/mol. The van der Waals surface area contributed by atoms with Gasteiger partial charge in [0.15, 0.2) is 0 Å². The number of amides is 1. The van der Waals surface area contributed by atoms with Crippen LogP contribution in [0.3, 0.4) is 0 Å². The van der Waals surface area contributed by atoms with E-state index in [1.54, 1.807) is 27.3 Å². The number of halogens is 1. The topological polar surface area (TPSA) is 72.6 Å². The second-order valence-corrected chi connectivity index (χ2v) is 10.3. The Bertz CT molecular complexity index is 1690. The fraction of sp³-hybridized carbons (Fsp3) is 0.207. The average Bonchev–Trinajstić information content (AvgIpc) is 3.22. The van der Waals surface area contributed by atoms with E-state index < -0.39 is 0 Å². The Morgan fingerprint density at radius 3 is 2.39 bits per heavy atom. The smallest absolute Gasteiger partial charge is 0.410 e. The van der Waals surface area contributed by atoms with Crippen LogP contribution in [-0.4, -0.2) is 51.3 Å². The maximum Gasteiger partial charge on any atom is 0.410 e. The summed E-state index contributed by atoms with van der Waals surface area (Å²) in [6, 6.07) is 23.6. The molecule has 1 amide bonds. The van der Waals surface area contributed by atoms with Crippen LogP contribution in [0.4, 0.5) is 10.5 Å². The van der Waals surface area contributed by atoms with Crippen molar-refractivity contribution in [2.75, 3.05) is 31.1 Å². The highest BCUT2D eigenvalue weighted by molar-refractivity contribution is 9.10. The highest BCUT2D eigenvalue weighted by Crippen LogP contribution is 2.28. The summed E-state index contributed by atoms with van der Waals surface area (Å²) in [6.07, 6.45) is 1.47. The number of aryl methyl sites for hydroxylation is 1. The van der Waals surface area contributed by atoms with Crippen molar-refractivity contribution in [3.8, 4) is 5.69 Å². The molecule has 38 heavy (non-hydrogen) atoms. The lowest BCUT2D eigenvalue weighted by Gasteiger charge is -2.35. The van der Waals surface area contributed by atoms with Gasteiger partial charge in [0, 0.05) is 48.8 Å². The number of hydrogen-bond acceptors (Lipinski definition) is 5. The van der Waals surface area contributed by atoms with Gasteiger partial charge in [-0.05, 0) is 48.0 Å². The van der Waals surface area contributed by atoms with Gasteiger partial charge < -0.3 is 14.5 Å². The summed E-state index contributed by atoms with van der Waals surface area (Å²) in [7, 11) is 1.77. The van der Waals surface area contributed by atoms with E-state index in [9.17, 15) is 9.59 Å². The third-order valence-corrected chi connectivity index (χ3v) is 7.55. The monoisotopic (exact) mass is 571 g/mol. The molecular weight excluding hydrogens is 546 g/mol. The summed E-state index contributed by atoms with van der Waals surface area (Å²) in [6.45, 7) is 2.87. The Balaban J connectivity index is 1.19. The molecule has 0 unspecified atom stereocenters. The van der Waals surface area contributed by atoms with Gasteiger partial charge in [0.05, 0.1) is 28.4 Å². The summed E-state index contributed by atoms with van der Waals surface area (Å²) in [5.41, 5.74) is 5.14. The molecule has 0 atom stereocenters. The van der Waals surface area contributed by atoms with Crippen molar-refractivity contribution in [3.05, 3.63) is 99.5 Å². The zero-order valence-electron chi connectivity index (χ0n) is 20.9. The number of piperazine rings is 1. The number of imidazole rings is 1. The number of anilines is 1. The normalized spacial score (nSPS) is 13.8. The molecule has 1 aliphatic rings. The first-order valence-corrected chi connectivity index (χ1v) is 13.3. The van der Waals surface area contributed by atoms with Gasteiger partial charge >= 0.3 is 11.8 Å². The molecule has 0 radical (unpaired) electrons. The van der Waals surface area contributed by atoms with Crippen LogP contribution in [0.2, 0.25) is 0 Å². The van der Waals surface area contributed by atoms with Crippen LogP contribution in [-0.2, 0) is 18.4 Å². The van der Waals surface area contributed by atoms with E-state index in [4.69, 9.17) is 4.74 Å². The maximum absolute atomic E-state index is 13.3. The fourth-order valence-corrected chi connectivity index (χ4v) is 5.34. The molecule has 2 aromatic heterocycles. The first kappa shape index (κ1) is 24.2. The van der Waals surface area contributed by atoms with Crippen molar-refractivity contribution in [1.82, 2.24) is 19.0 Å². The molecule has 3 heterocycles. The standard InChI is InChI=1S/C29H26BrN5O3/c1-32-26-18-31-25-12-7-21(30)17-24(25)27(26)35(28(32)36)23-10-8-22(9-11-23)33-13-15-34(16-14-33)29(37)38-19-20-5-3-2-4-6-20/h2-12,17-18H,13-16,19H2,1H3. The third kappa shape index (κ3) is 4.43. The molecule has 6 rings (SSSR count). The van der Waals surface area contributed by atoms with Gasteiger partial charge in [0.1, 0.15) is 6.61 Å². The summed E-state index contributed by atoms with van der Waals surface area (Å²) in [5.74, 6) is 0. The zero-order chi connectivity index (χ0) is 26.2. The molecule has 3 aromatic carbocycles. The minimum atomic E-state index is -0.285. The molecule has 192 valence electrons. The van der Waals surface area contributed by atoms with Crippen LogP contribution >= 0.6 is 15.9 Å². The van der Waals surface area contributed by atoms with Gasteiger partial charge in [-0.1, -0.05) is 46.3 Å². The number of carbonyl (C=O) groups is 1. The molecule has 0 spiro atoms. The molecule has 8 nitrogen and oxygen atoms in total. The van der Waals surface area contributed by atoms with Crippen LogP contribution in [0, 0.1) is 0 Å². The van der Waals surface area contributed by atoms with E-state index >= 15 is 0 Å². The third-order valence-electron chi connectivity index (χ3n) is 7.06. The number of pyridine rings is 1. The molecule has 1 aliphatic heterocycles. The van der Waals surface area contributed by atoms with Gasteiger partial charge in [-0.25, -0.2) is 9.59 Å². The number of carbonyl (C=O) groups excluding carboxylic acids is 1. The van der Waals surface area contributed by atoms with Crippen LogP contribution < -0.4 is 10.6 Å². The highest BCUT2D eigenvalue weighted by Gasteiger charge is 2.23. The van der Waals surface area contributed by atoms with Crippen LogP contribution in [0.5, 0.6) is 0 Å². The molecule has 0 saturated carbocycles. The second-order valence-electron chi connectivity index (χ2n) is 9.36. The minimum Gasteiger partial charge on any atom is -0.445 e. The number of aromatic nitrogens is 3. The number of ether oxygens (including phenoxy) is 1. The molecule has 1 saturated heterocycles. The Morgan fingerprint density at radius 1 is 0.947 bits per heavy atom. The summed E-state index contributed by atoms with van der Waals surface area (Å²) >= 11 is 3.55. The summed E-state index contributed by atoms with van der Waals surface area (Å²) in [5, 5.41) is 0.911. The lowest BCUT2D eigenvalue weighted by atomic mass is 10.2. The van der Waals surface area contributed by atoms with Gasteiger partial charge in [0.25, 0.3) is 0 Å². The average molecular weight is 572 g/mol. The van der Waals surface area contributed by atoms with E-state index in [1.165, 1.54) is 0 Å². The Kier molecular flexibility index (Phi) is 6.37. The van der Waals surface area contributed by atoms with E-state index in [2.05, 4.69) is 25.8 Å². The maximum atomic E-state index is 13.3. The molecule has 0 aliphatic carbocycles. The minimum absolute atomic E-state index is 0.121. The van der Waals surface area contributed by atoms with E-state index in [-0.39, 0.29) is 18.4 Å². The second kappa shape index (κ2) is 9.98. The lowest BCUT2D eigenvalue weighted by molar-refractivity contribution is 0.0942. The van der Waals surface area contributed by atoms with Crippen molar-refractivity contribution in [2.24, 2.45) is 7.05 Å². The molecule has 1 fully saturated rings. The van der Waals surface area contributed by atoms with E-state index in [0.29, 0.717) is 26.2 Å². The van der Waals surface area contributed by atoms with Crippen LogP contribution in [0.25, 0.3) is 27.6 Å². The molecule has 5 aromatic rings. The number of fused-ring (bicyclic) bond motifs is 3. The van der Waals surface area contributed by atoms with Gasteiger partial charge in [-0.3, -0.25) is 14.1 Å². The Labute approximate surface area is 227 Å².